The van der Waals surface area contributed by atoms with Gasteiger partial charge in [0.25, 0.3) is 5.56 Å². The Balaban J connectivity index is 2.37. The highest BCUT2D eigenvalue weighted by molar-refractivity contribution is 5.21. The zero-order chi connectivity index (χ0) is 13.2. The van der Waals surface area contributed by atoms with Crippen LogP contribution in [0.4, 0.5) is 0 Å². The normalized spacial score (nSPS) is 22.9. The van der Waals surface area contributed by atoms with Crippen molar-refractivity contribution in [1.29, 1.82) is 5.26 Å². The van der Waals surface area contributed by atoms with E-state index >= 15 is 0 Å². The van der Waals surface area contributed by atoms with E-state index in [0.717, 1.165) is 0 Å². The van der Waals surface area contributed by atoms with Gasteiger partial charge in [0.15, 0.2) is 0 Å². The van der Waals surface area contributed by atoms with E-state index in [4.69, 9.17) is 14.7 Å². The van der Waals surface area contributed by atoms with Gasteiger partial charge in [-0.2, -0.15) is 5.26 Å². The van der Waals surface area contributed by atoms with Gasteiger partial charge >= 0.3 is 5.69 Å². The van der Waals surface area contributed by atoms with E-state index in [9.17, 15) is 9.59 Å². The van der Waals surface area contributed by atoms with Gasteiger partial charge in [-0.3, -0.25) is 14.3 Å². The number of nitriles is 1. The van der Waals surface area contributed by atoms with Crippen LogP contribution >= 0.6 is 0 Å². The molecule has 0 radical (unpaired) electrons. The molecule has 0 spiro atoms. The van der Waals surface area contributed by atoms with E-state index in [2.05, 4.69) is 4.98 Å². The van der Waals surface area contributed by atoms with Crippen molar-refractivity contribution in [2.24, 2.45) is 0 Å². The third-order valence-corrected chi connectivity index (χ3v) is 3.09. The monoisotopic (exact) mass is 251 g/mol. The fourth-order valence-electron chi connectivity index (χ4n) is 1.96. The first-order valence-corrected chi connectivity index (χ1v) is 5.47. The maximum absolute atomic E-state index is 11.7. The molecule has 1 unspecified atom stereocenters. The highest BCUT2D eigenvalue weighted by Gasteiger charge is 2.35. The van der Waals surface area contributed by atoms with Gasteiger partial charge in [-0.25, -0.2) is 4.79 Å². The molecule has 2 heterocycles. The number of nitrogens with zero attached hydrogens (tertiary/aromatic N) is 2. The number of aromatic nitrogens is 2. The van der Waals surface area contributed by atoms with E-state index in [-0.39, 0.29) is 12.1 Å². The van der Waals surface area contributed by atoms with Crippen molar-refractivity contribution < 1.29 is 9.47 Å². The number of aromatic amines is 1. The van der Waals surface area contributed by atoms with E-state index < -0.39 is 16.9 Å². The standard InChI is InChI=1S/C11H13N3O4/c1-17-11(2-3-18-7-11)6-14-5-8(4-12)9(15)13-10(14)16/h5H,2-3,6-7H2,1H3,(H,13,15,16). The number of ether oxygens (including phenoxy) is 2. The van der Waals surface area contributed by atoms with Gasteiger partial charge in [0.1, 0.15) is 17.2 Å². The van der Waals surface area contributed by atoms with Crippen LogP contribution in [0.3, 0.4) is 0 Å². The van der Waals surface area contributed by atoms with E-state index in [1.807, 2.05) is 0 Å². The summed E-state index contributed by atoms with van der Waals surface area (Å²) in [7, 11) is 1.55. The minimum Gasteiger partial charge on any atom is -0.378 e. The Hall–Kier alpha value is -1.91. The first kappa shape index (κ1) is 12.5. The van der Waals surface area contributed by atoms with Crippen LogP contribution in [-0.2, 0) is 16.0 Å². The van der Waals surface area contributed by atoms with Gasteiger partial charge in [0, 0.05) is 26.3 Å². The summed E-state index contributed by atoms with van der Waals surface area (Å²) >= 11 is 0. The van der Waals surface area contributed by atoms with Crippen LogP contribution in [0.1, 0.15) is 12.0 Å². The summed E-state index contributed by atoms with van der Waals surface area (Å²) in [6.45, 7) is 1.20. The smallest absolute Gasteiger partial charge is 0.328 e. The molecule has 1 fully saturated rings. The molecule has 1 atom stereocenters. The van der Waals surface area contributed by atoms with Crippen molar-refractivity contribution in [2.75, 3.05) is 20.3 Å². The molecule has 0 bridgehead atoms. The van der Waals surface area contributed by atoms with Gasteiger partial charge in [-0.15, -0.1) is 0 Å². The molecule has 2 rings (SSSR count). The number of methoxy groups -OCH3 is 1. The fourth-order valence-corrected chi connectivity index (χ4v) is 1.96. The lowest BCUT2D eigenvalue weighted by atomic mass is 10.0. The summed E-state index contributed by atoms with van der Waals surface area (Å²) in [6.07, 6.45) is 1.91. The molecule has 0 aromatic carbocycles. The van der Waals surface area contributed by atoms with Crippen LogP contribution in [0.15, 0.2) is 15.8 Å². The van der Waals surface area contributed by atoms with Crippen LogP contribution in [0, 0.1) is 11.3 Å². The molecule has 1 saturated heterocycles. The van der Waals surface area contributed by atoms with Gasteiger partial charge in [-0.1, -0.05) is 0 Å². The van der Waals surface area contributed by atoms with Gasteiger partial charge < -0.3 is 9.47 Å². The molecule has 1 aliphatic heterocycles. The molecule has 1 aromatic rings. The molecule has 0 amide bonds. The lowest BCUT2D eigenvalue weighted by Crippen LogP contribution is -2.42. The number of hydrogen-bond donors (Lipinski definition) is 1. The van der Waals surface area contributed by atoms with Crippen LogP contribution in [-0.4, -0.2) is 35.5 Å². The minimum absolute atomic E-state index is 0.0974. The summed E-state index contributed by atoms with van der Waals surface area (Å²) in [5.41, 5.74) is -1.90. The Bertz CT molecular complexity index is 590. The highest BCUT2D eigenvalue weighted by atomic mass is 16.5. The molecule has 0 saturated carbocycles. The molecule has 0 aliphatic carbocycles. The Morgan fingerprint density at radius 3 is 3.00 bits per heavy atom. The van der Waals surface area contributed by atoms with Crippen LogP contribution in [0.5, 0.6) is 0 Å². The van der Waals surface area contributed by atoms with Crippen LogP contribution in [0.2, 0.25) is 0 Å². The van der Waals surface area contributed by atoms with Gasteiger partial charge in [0.05, 0.1) is 13.2 Å². The van der Waals surface area contributed by atoms with Gasteiger partial charge in [-0.05, 0) is 0 Å². The van der Waals surface area contributed by atoms with Crippen molar-refractivity contribution in [3.63, 3.8) is 0 Å². The quantitative estimate of drug-likeness (QED) is 0.759. The van der Waals surface area contributed by atoms with Crippen molar-refractivity contribution in [1.82, 2.24) is 9.55 Å². The molecular formula is C11H13N3O4. The molecule has 96 valence electrons. The third-order valence-electron chi connectivity index (χ3n) is 3.09. The summed E-state index contributed by atoms with van der Waals surface area (Å²) < 4.78 is 11.9. The summed E-state index contributed by atoms with van der Waals surface area (Å²) in [6, 6.07) is 1.74. The Morgan fingerprint density at radius 1 is 1.67 bits per heavy atom. The van der Waals surface area contributed by atoms with E-state index in [1.54, 1.807) is 13.2 Å². The van der Waals surface area contributed by atoms with E-state index in [0.29, 0.717) is 19.6 Å². The molecular weight excluding hydrogens is 238 g/mol. The first-order valence-electron chi connectivity index (χ1n) is 5.47. The topological polar surface area (TPSA) is 97.1 Å². The maximum atomic E-state index is 11.7. The van der Waals surface area contributed by atoms with Crippen LogP contribution in [0.25, 0.3) is 0 Å². The molecule has 18 heavy (non-hydrogen) atoms. The van der Waals surface area contributed by atoms with Gasteiger partial charge in [0.2, 0.25) is 0 Å². The summed E-state index contributed by atoms with van der Waals surface area (Å²) in [5.74, 6) is 0. The second kappa shape index (κ2) is 4.76. The molecule has 7 nitrogen and oxygen atoms in total. The molecule has 1 aliphatic rings. The summed E-state index contributed by atoms with van der Waals surface area (Å²) in [5, 5.41) is 8.77. The fraction of sp³-hybridized carbons (Fsp3) is 0.545. The average molecular weight is 251 g/mol. The minimum atomic E-state index is -0.673. The second-order valence-corrected chi connectivity index (χ2v) is 4.23. The predicted octanol–water partition coefficient (Wildman–Crippen LogP) is -0.786. The molecule has 1 N–H and O–H groups in total. The average Bonchev–Trinajstić information content (AvgIpc) is 2.82. The Morgan fingerprint density at radius 2 is 2.44 bits per heavy atom. The number of nitrogens with one attached hydrogen (secondary N) is 1. The highest BCUT2D eigenvalue weighted by Crippen LogP contribution is 2.23. The van der Waals surface area contributed by atoms with Crippen molar-refractivity contribution in [3.8, 4) is 6.07 Å². The number of hydrogen-bond acceptors (Lipinski definition) is 5. The van der Waals surface area contributed by atoms with Crippen molar-refractivity contribution in [3.05, 3.63) is 32.6 Å². The first-order chi connectivity index (χ1) is 8.60. The Kier molecular flexibility index (Phi) is 3.32. The largest absolute Gasteiger partial charge is 0.378 e. The third kappa shape index (κ3) is 2.20. The van der Waals surface area contributed by atoms with Crippen molar-refractivity contribution in [2.45, 2.75) is 18.6 Å². The SMILES string of the molecule is COC1(Cn2cc(C#N)c(=O)[nH]c2=O)CCOC1. The second-order valence-electron chi connectivity index (χ2n) is 4.23. The maximum Gasteiger partial charge on any atom is 0.328 e. The lowest BCUT2D eigenvalue weighted by molar-refractivity contribution is -0.0304. The summed E-state index contributed by atoms with van der Waals surface area (Å²) in [4.78, 5) is 25.0. The van der Waals surface area contributed by atoms with E-state index in [1.165, 1.54) is 10.8 Å². The number of H-pyrrole nitrogens is 1. The zero-order valence-corrected chi connectivity index (χ0v) is 9.93. The predicted molar refractivity (Wildman–Crippen MR) is 61.2 cm³/mol. The number of rotatable bonds is 3. The van der Waals surface area contributed by atoms with Crippen LogP contribution < -0.4 is 11.2 Å². The molecule has 1 aromatic heterocycles. The zero-order valence-electron chi connectivity index (χ0n) is 9.93. The van der Waals surface area contributed by atoms with Crippen molar-refractivity contribution >= 4 is 0 Å². The lowest BCUT2D eigenvalue weighted by Gasteiger charge is -2.26. The Labute approximate surface area is 103 Å². The molecule has 7 heteroatoms.